The molecule has 2 fully saturated rings. The first-order valence-corrected chi connectivity index (χ1v) is 13.1. The summed E-state index contributed by atoms with van der Waals surface area (Å²) in [4.78, 5) is 20.1. The third kappa shape index (κ3) is 4.96. The zero-order chi connectivity index (χ0) is 22.8. The maximum absolute atomic E-state index is 13.6. The van der Waals surface area contributed by atoms with Crippen molar-refractivity contribution >= 4 is 28.2 Å². The van der Waals surface area contributed by atoms with Crippen LogP contribution in [0.15, 0.2) is 24.4 Å². The second-order valence-corrected chi connectivity index (χ2v) is 10.8. The molecule has 0 radical (unpaired) electrons. The largest absolute Gasteiger partial charge is 0.308 e. The van der Waals surface area contributed by atoms with Crippen molar-refractivity contribution in [2.75, 3.05) is 16.4 Å². The summed E-state index contributed by atoms with van der Waals surface area (Å²) in [6, 6.07) is 6.48. The van der Waals surface area contributed by atoms with Crippen molar-refractivity contribution in [2.24, 2.45) is 5.92 Å². The van der Waals surface area contributed by atoms with Gasteiger partial charge < -0.3 is 0 Å². The maximum atomic E-state index is 13.6. The molecule has 0 unspecified atom stereocenters. The number of aryl methyl sites for hydroxylation is 4. The number of carbonyl (C=O) groups is 1. The minimum Gasteiger partial charge on any atom is -0.260 e. The van der Waals surface area contributed by atoms with Crippen molar-refractivity contribution in [1.29, 1.82) is 0 Å². The summed E-state index contributed by atoms with van der Waals surface area (Å²) in [6.07, 6.45) is 6.68. The fourth-order valence-electron chi connectivity index (χ4n) is 4.27. The number of nitrogens with zero attached hydrogens (tertiary/aromatic N) is 2. The minimum atomic E-state index is -0.729. The predicted molar refractivity (Wildman–Crippen MR) is 132 cm³/mol. The van der Waals surface area contributed by atoms with E-state index in [1.165, 1.54) is 11.1 Å². The summed E-state index contributed by atoms with van der Waals surface area (Å²) < 4.78 is 11.7. The average molecular weight is 449 g/mol. The molecule has 0 N–H and O–H groups in total. The monoisotopic (exact) mass is 448 g/mol. The van der Waals surface area contributed by atoms with Gasteiger partial charge in [-0.3, -0.25) is 13.9 Å². The maximum Gasteiger partial charge on any atom is 0.308 e. The number of aromatic nitrogens is 1. The Balaban J connectivity index is 1.77. The van der Waals surface area contributed by atoms with Crippen LogP contribution in [0.2, 0.25) is 0 Å². The van der Waals surface area contributed by atoms with Gasteiger partial charge in [0.2, 0.25) is 0 Å². The lowest BCUT2D eigenvalue weighted by atomic mass is 9.99. The minimum absolute atomic E-state index is 0.137. The molecule has 1 amide bonds. The molecule has 4 nitrogen and oxygen atoms in total. The molecule has 1 aliphatic carbocycles. The zero-order valence-electron chi connectivity index (χ0n) is 19.5. The zero-order valence-corrected chi connectivity index (χ0v) is 20.3. The van der Waals surface area contributed by atoms with Crippen molar-refractivity contribution < 1.29 is 9.00 Å². The van der Waals surface area contributed by atoms with Gasteiger partial charge in [0.25, 0.3) is 0 Å². The van der Waals surface area contributed by atoms with Crippen LogP contribution < -0.4 is 4.90 Å². The first kappa shape index (κ1) is 22.7. The van der Waals surface area contributed by atoms with Gasteiger partial charge in [0.05, 0.1) is 5.69 Å². The number of hydrogen-bond acceptors (Lipinski definition) is 3. The number of carbonyl (C=O) groups excluding carboxylic acids is 1. The van der Waals surface area contributed by atoms with Crippen LogP contribution in [0.3, 0.4) is 0 Å². The van der Waals surface area contributed by atoms with E-state index >= 15 is 0 Å². The van der Waals surface area contributed by atoms with Gasteiger partial charge in [-0.15, -0.1) is 0 Å². The molecule has 2 aromatic rings. The van der Waals surface area contributed by atoms with Crippen LogP contribution in [-0.2, 0) is 22.0 Å². The fraction of sp³-hybridized carbons (Fsp3) is 0.481. The Kier molecular flexibility index (Phi) is 6.81. The summed E-state index contributed by atoms with van der Waals surface area (Å²) in [5.41, 5.74) is 6.68. The van der Waals surface area contributed by atoms with E-state index in [0.717, 1.165) is 54.5 Å². The van der Waals surface area contributed by atoms with Crippen molar-refractivity contribution in [1.82, 2.24) is 4.98 Å². The van der Waals surface area contributed by atoms with E-state index in [-0.39, 0.29) is 11.8 Å². The molecule has 1 aromatic carbocycles. The van der Waals surface area contributed by atoms with Gasteiger partial charge >= 0.3 is 5.91 Å². The highest BCUT2D eigenvalue weighted by Gasteiger charge is 2.31. The summed E-state index contributed by atoms with van der Waals surface area (Å²) >= 11 is 0. The van der Waals surface area contributed by atoms with Crippen LogP contribution in [-0.4, -0.2) is 26.6 Å². The molecule has 2 aliphatic rings. The number of rotatable bonds is 4. The lowest BCUT2D eigenvalue weighted by molar-refractivity contribution is -0.112. The Bertz CT molecular complexity index is 1110. The van der Waals surface area contributed by atoms with E-state index in [1.807, 2.05) is 13.1 Å². The Labute approximate surface area is 194 Å². The average Bonchev–Trinajstić information content (AvgIpc) is 3.62. The van der Waals surface area contributed by atoms with Gasteiger partial charge in [0.15, 0.2) is 0 Å². The molecular weight excluding hydrogens is 416 g/mol. The smallest absolute Gasteiger partial charge is 0.260 e. The standard InChI is InChI=1S/C27H32N2O2S/c1-5-21-14-20(4)27(28-17-21)29(26(30)9-6-22-10-12-32(31)13-11-22)25-16-19(3)18(2)15-24(25)23-7-8-23/h14-17,22-23H,5,7-8,10-13H2,1-4H3. The van der Waals surface area contributed by atoms with Gasteiger partial charge in [-0.25, -0.2) is 4.98 Å². The van der Waals surface area contributed by atoms with Crippen molar-refractivity contribution in [3.63, 3.8) is 0 Å². The Hall–Kier alpha value is -2.45. The summed E-state index contributed by atoms with van der Waals surface area (Å²) in [5, 5.41) is 0. The second kappa shape index (κ2) is 9.58. The van der Waals surface area contributed by atoms with E-state index in [0.29, 0.717) is 23.2 Å². The number of amides is 1. The molecule has 32 heavy (non-hydrogen) atoms. The van der Waals surface area contributed by atoms with Crippen molar-refractivity contribution in [2.45, 2.75) is 65.7 Å². The number of benzene rings is 1. The lowest BCUT2D eigenvalue weighted by Gasteiger charge is -2.25. The molecule has 0 bridgehead atoms. The van der Waals surface area contributed by atoms with Crippen LogP contribution >= 0.6 is 0 Å². The lowest BCUT2D eigenvalue weighted by Crippen LogP contribution is -2.28. The van der Waals surface area contributed by atoms with Gasteiger partial charge in [-0.05, 0) is 98.6 Å². The van der Waals surface area contributed by atoms with E-state index in [2.05, 4.69) is 50.8 Å². The third-order valence-electron chi connectivity index (χ3n) is 6.60. The van der Waals surface area contributed by atoms with Gasteiger partial charge in [-0.2, -0.15) is 0 Å². The quantitative estimate of drug-likeness (QED) is 0.599. The Morgan fingerprint density at radius 3 is 2.38 bits per heavy atom. The first-order chi connectivity index (χ1) is 15.4. The van der Waals surface area contributed by atoms with E-state index < -0.39 is 10.8 Å². The molecule has 2 heterocycles. The van der Waals surface area contributed by atoms with Crippen molar-refractivity contribution in [3.8, 4) is 11.8 Å². The topological polar surface area (TPSA) is 50.3 Å². The van der Waals surface area contributed by atoms with Gasteiger partial charge in [-0.1, -0.05) is 25.0 Å². The first-order valence-electron chi connectivity index (χ1n) is 11.6. The highest BCUT2D eigenvalue weighted by atomic mass is 32.2. The van der Waals surface area contributed by atoms with Gasteiger partial charge in [0.1, 0.15) is 5.82 Å². The third-order valence-corrected chi connectivity index (χ3v) is 7.98. The summed E-state index contributed by atoms with van der Waals surface area (Å²) in [6.45, 7) is 8.34. The fourth-order valence-corrected chi connectivity index (χ4v) is 5.57. The normalized spacial score (nSPS) is 20.4. The molecule has 1 saturated carbocycles. The summed E-state index contributed by atoms with van der Waals surface area (Å²) in [5.74, 6) is 8.55. The summed E-state index contributed by atoms with van der Waals surface area (Å²) in [7, 11) is -0.729. The Morgan fingerprint density at radius 2 is 1.75 bits per heavy atom. The molecule has 5 heteroatoms. The van der Waals surface area contributed by atoms with Gasteiger partial charge in [0, 0.05) is 34.4 Å². The number of hydrogen-bond donors (Lipinski definition) is 0. The van der Waals surface area contributed by atoms with Crippen LogP contribution in [0.4, 0.5) is 11.5 Å². The van der Waals surface area contributed by atoms with E-state index in [1.54, 1.807) is 4.90 Å². The molecule has 1 aromatic heterocycles. The number of pyridine rings is 1. The van der Waals surface area contributed by atoms with E-state index in [4.69, 9.17) is 4.98 Å². The van der Waals surface area contributed by atoms with Crippen molar-refractivity contribution in [3.05, 3.63) is 52.2 Å². The highest BCUT2D eigenvalue weighted by molar-refractivity contribution is 7.85. The molecule has 0 spiro atoms. The van der Waals surface area contributed by atoms with E-state index in [9.17, 15) is 9.00 Å². The molecule has 4 rings (SSSR count). The second-order valence-electron chi connectivity index (χ2n) is 9.14. The molecule has 168 valence electrons. The predicted octanol–water partition coefficient (Wildman–Crippen LogP) is 5.27. The SMILES string of the molecule is CCc1cnc(N(C(=O)C#CC2CCS(=O)CC2)c2cc(C)c(C)cc2C2CC2)c(C)c1. The Morgan fingerprint density at radius 1 is 1.06 bits per heavy atom. The van der Waals surface area contributed by atoms with Crippen LogP contribution in [0.5, 0.6) is 0 Å². The number of anilines is 2. The van der Waals surface area contributed by atoms with Crippen LogP contribution in [0.1, 0.15) is 66.3 Å². The molecular formula is C27H32N2O2S. The molecule has 1 saturated heterocycles. The van der Waals surface area contributed by atoms with Crippen LogP contribution in [0.25, 0.3) is 0 Å². The highest BCUT2D eigenvalue weighted by Crippen LogP contribution is 2.46. The van der Waals surface area contributed by atoms with Crippen LogP contribution in [0, 0.1) is 38.5 Å². The molecule has 1 aliphatic heterocycles. The molecule has 0 atom stereocenters.